The second-order valence-corrected chi connectivity index (χ2v) is 3.34. The fourth-order valence-corrected chi connectivity index (χ4v) is 1.18. The summed E-state index contributed by atoms with van der Waals surface area (Å²) >= 11 is 0. The quantitative estimate of drug-likeness (QED) is 0.262. The van der Waals surface area contributed by atoms with Crippen molar-refractivity contribution in [3.8, 4) is 5.75 Å². The third-order valence-corrected chi connectivity index (χ3v) is 2.12. The summed E-state index contributed by atoms with van der Waals surface area (Å²) in [4.78, 5) is 0. The molecular formula is C11H17N2O2+. The van der Waals surface area contributed by atoms with E-state index >= 15 is 0 Å². The van der Waals surface area contributed by atoms with Crippen LogP contribution >= 0.6 is 0 Å². The zero-order valence-electron chi connectivity index (χ0n) is 9.18. The van der Waals surface area contributed by atoms with E-state index in [0.717, 1.165) is 30.9 Å². The molecule has 1 heterocycles. The second kappa shape index (κ2) is 6.01. The first-order chi connectivity index (χ1) is 7.27. The number of aromatic nitrogens is 1. The minimum Gasteiger partial charge on any atom is -0.493 e. The molecule has 0 saturated carbocycles. The highest BCUT2D eigenvalue weighted by Gasteiger charge is 2.05. The molecule has 0 unspecified atom stereocenters. The number of ether oxygens (including phenoxy) is 1. The van der Waals surface area contributed by atoms with Gasteiger partial charge in [0, 0.05) is 6.07 Å². The van der Waals surface area contributed by atoms with Crippen molar-refractivity contribution in [2.75, 3.05) is 6.61 Å². The Kier molecular flexibility index (Phi) is 4.60. The molecule has 4 nitrogen and oxygen atoms in total. The van der Waals surface area contributed by atoms with Crippen LogP contribution in [0.2, 0.25) is 0 Å². The lowest BCUT2D eigenvalue weighted by molar-refractivity contribution is -0.672. The fourth-order valence-electron chi connectivity index (χ4n) is 1.18. The summed E-state index contributed by atoms with van der Waals surface area (Å²) in [6.45, 7) is 2.85. The van der Waals surface area contributed by atoms with Crippen molar-refractivity contribution in [1.29, 1.82) is 0 Å². The van der Waals surface area contributed by atoms with Gasteiger partial charge in [-0.1, -0.05) is 18.5 Å². The van der Waals surface area contributed by atoms with E-state index in [1.807, 2.05) is 29.9 Å². The van der Waals surface area contributed by atoms with Gasteiger partial charge in [-0.3, -0.25) is 0 Å². The van der Waals surface area contributed by atoms with Gasteiger partial charge in [0.15, 0.2) is 6.20 Å². The lowest BCUT2D eigenvalue weighted by atomic mass is 10.3. The van der Waals surface area contributed by atoms with Crippen molar-refractivity contribution >= 4 is 6.21 Å². The summed E-state index contributed by atoms with van der Waals surface area (Å²) in [5, 5.41) is 11.5. The van der Waals surface area contributed by atoms with Gasteiger partial charge < -0.3 is 9.94 Å². The normalized spacial score (nSPS) is 10.8. The fraction of sp³-hybridized carbons (Fsp3) is 0.455. The number of unbranched alkanes of at least 4 members (excludes halogenated alkanes) is 1. The van der Waals surface area contributed by atoms with Crippen LogP contribution in [-0.4, -0.2) is 18.0 Å². The molecule has 0 radical (unpaired) electrons. The van der Waals surface area contributed by atoms with Gasteiger partial charge in [-0.25, -0.2) is 0 Å². The smallest absolute Gasteiger partial charge is 0.230 e. The molecule has 0 fully saturated rings. The molecule has 0 atom stereocenters. The number of nitrogens with zero attached hydrogens (tertiary/aromatic N) is 2. The van der Waals surface area contributed by atoms with E-state index in [9.17, 15) is 0 Å². The van der Waals surface area contributed by atoms with Gasteiger partial charge in [-0.2, -0.15) is 4.57 Å². The Morgan fingerprint density at radius 3 is 3.07 bits per heavy atom. The third-order valence-electron chi connectivity index (χ3n) is 2.12. The van der Waals surface area contributed by atoms with E-state index in [1.165, 1.54) is 6.21 Å². The molecule has 0 aliphatic carbocycles. The number of rotatable bonds is 5. The Balaban J connectivity index is 2.69. The highest BCUT2D eigenvalue weighted by atomic mass is 16.5. The average molecular weight is 209 g/mol. The van der Waals surface area contributed by atoms with Gasteiger partial charge in [0.25, 0.3) is 0 Å². The molecular weight excluding hydrogens is 192 g/mol. The van der Waals surface area contributed by atoms with Crippen molar-refractivity contribution in [3.05, 3.63) is 24.0 Å². The summed E-state index contributed by atoms with van der Waals surface area (Å²) in [6, 6.07) is 3.74. The zero-order chi connectivity index (χ0) is 11.1. The average Bonchev–Trinajstić information content (AvgIpc) is 2.23. The molecule has 0 aromatic carbocycles. The molecule has 0 amide bonds. The molecule has 0 aliphatic heterocycles. The molecule has 82 valence electrons. The Hall–Kier alpha value is -1.58. The first kappa shape index (κ1) is 11.5. The molecule has 0 saturated heterocycles. The Bertz CT molecular complexity index is 337. The van der Waals surface area contributed by atoms with Crippen LogP contribution in [0.4, 0.5) is 0 Å². The number of oxime groups is 1. The van der Waals surface area contributed by atoms with Crippen LogP contribution in [-0.2, 0) is 7.05 Å². The van der Waals surface area contributed by atoms with Gasteiger partial charge >= 0.3 is 0 Å². The summed E-state index contributed by atoms with van der Waals surface area (Å²) in [5.41, 5.74) is 0.798. The van der Waals surface area contributed by atoms with Gasteiger partial charge in [0.05, 0.1) is 12.7 Å². The minimum absolute atomic E-state index is 0.722. The SMILES string of the molecule is CCCCOc1cc[n+](C)c(/C=N/O)c1. The van der Waals surface area contributed by atoms with Crippen molar-refractivity contribution in [1.82, 2.24) is 0 Å². The lowest BCUT2D eigenvalue weighted by Gasteiger charge is -2.04. The first-order valence-electron chi connectivity index (χ1n) is 5.08. The van der Waals surface area contributed by atoms with Gasteiger partial charge in [-0.05, 0) is 6.42 Å². The van der Waals surface area contributed by atoms with Gasteiger partial charge in [0.2, 0.25) is 5.69 Å². The van der Waals surface area contributed by atoms with E-state index in [1.54, 1.807) is 0 Å². The van der Waals surface area contributed by atoms with Crippen LogP contribution < -0.4 is 9.30 Å². The summed E-state index contributed by atoms with van der Waals surface area (Å²) in [6.07, 6.45) is 5.42. The minimum atomic E-state index is 0.722. The predicted molar refractivity (Wildman–Crippen MR) is 57.4 cm³/mol. The van der Waals surface area contributed by atoms with Crippen LogP contribution in [0.5, 0.6) is 5.75 Å². The van der Waals surface area contributed by atoms with Crippen molar-refractivity contribution in [3.63, 3.8) is 0 Å². The number of aryl methyl sites for hydroxylation is 1. The van der Waals surface area contributed by atoms with Crippen LogP contribution in [0.15, 0.2) is 23.5 Å². The highest BCUT2D eigenvalue weighted by molar-refractivity contribution is 5.74. The molecule has 0 aliphatic rings. The number of pyridine rings is 1. The summed E-state index contributed by atoms with van der Waals surface area (Å²) < 4.78 is 7.39. The van der Waals surface area contributed by atoms with E-state index in [2.05, 4.69) is 12.1 Å². The molecule has 1 aromatic heterocycles. The number of hydrogen-bond donors (Lipinski definition) is 1. The second-order valence-electron chi connectivity index (χ2n) is 3.34. The molecule has 15 heavy (non-hydrogen) atoms. The van der Waals surface area contributed by atoms with Crippen molar-refractivity contribution < 1.29 is 14.5 Å². The molecule has 0 bridgehead atoms. The van der Waals surface area contributed by atoms with E-state index in [4.69, 9.17) is 9.94 Å². The molecule has 0 spiro atoms. The van der Waals surface area contributed by atoms with Crippen molar-refractivity contribution in [2.24, 2.45) is 12.2 Å². The van der Waals surface area contributed by atoms with Crippen LogP contribution in [0.1, 0.15) is 25.5 Å². The lowest BCUT2D eigenvalue weighted by Crippen LogP contribution is -2.32. The predicted octanol–water partition coefficient (Wildman–Crippen LogP) is 1.50. The standard InChI is InChI=1S/C11H16N2O2/c1-3-4-7-15-11-5-6-13(2)10(8-11)9-12-14/h5-6,8-9H,3-4,7H2,1-2H3/p+1. The van der Waals surface area contributed by atoms with E-state index in [0.29, 0.717) is 0 Å². The Morgan fingerprint density at radius 2 is 2.40 bits per heavy atom. The molecule has 1 N–H and O–H groups in total. The zero-order valence-corrected chi connectivity index (χ0v) is 9.18. The van der Waals surface area contributed by atoms with Crippen LogP contribution in [0.3, 0.4) is 0 Å². The van der Waals surface area contributed by atoms with E-state index < -0.39 is 0 Å². The highest BCUT2D eigenvalue weighted by Crippen LogP contribution is 2.09. The largest absolute Gasteiger partial charge is 0.493 e. The van der Waals surface area contributed by atoms with Crippen molar-refractivity contribution in [2.45, 2.75) is 19.8 Å². The molecule has 1 rings (SSSR count). The van der Waals surface area contributed by atoms with E-state index in [-0.39, 0.29) is 0 Å². The van der Waals surface area contributed by atoms with Gasteiger partial charge in [0.1, 0.15) is 19.0 Å². The van der Waals surface area contributed by atoms with Gasteiger partial charge in [-0.15, -0.1) is 0 Å². The first-order valence-corrected chi connectivity index (χ1v) is 5.08. The van der Waals surface area contributed by atoms with Crippen LogP contribution in [0, 0.1) is 0 Å². The molecule has 4 heteroatoms. The molecule has 1 aromatic rings. The Morgan fingerprint density at radius 1 is 1.60 bits per heavy atom. The maximum absolute atomic E-state index is 8.46. The maximum Gasteiger partial charge on any atom is 0.230 e. The summed E-state index contributed by atoms with van der Waals surface area (Å²) in [7, 11) is 1.88. The monoisotopic (exact) mass is 209 g/mol. The van der Waals surface area contributed by atoms with Crippen LogP contribution in [0.25, 0.3) is 0 Å². The topological polar surface area (TPSA) is 45.7 Å². The third kappa shape index (κ3) is 3.58. The number of hydrogen-bond acceptors (Lipinski definition) is 3. The Labute approximate surface area is 89.8 Å². The summed E-state index contributed by atoms with van der Waals surface area (Å²) in [5.74, 6) is 0.802. The maximum atomic E-state index is 8.46.